The number of carbonyl (C=O) groups is 3. The highest BCUT2D eigenvalue weighted by atomic mass is 16.7. The topological polar surface area (TPSA) is 143 Å². The van der Waals surface area contributed by atoms with E-state index in [9.17, 15) is 14.4 Å². The van der Waals surface area contributed by atoms with Gasteiger partial charge in [-0.3, -0.25) is 14.4 Å². The zero-order valence-electron chi connectivity index (χ0n) is 37.2. The van der Waals surface area contributed by atoms with E-state index in [1.54, 1.807) is 0 Å². The van der Waals surface area contributed by atoms with Crippen LogP contribution in [-0.4, -0.2) is 72.7 Å². The smallest absolute Gasteiger partial charge is 0.399 e. The number of carbonyl (C=O) groups excluding carboxylic acids is 3. The predicted octanol–water partition coefficient (Wildman–Crippen LogP) is 5.83. The Morgan fingerprint density at radius 2 is 0.633 bits per heavy atom. The fourth-order valence-corrected chi connectivity index (χ4v) is 7.92. The van der Waals surface area contributed by atoms with Gasteiger partial charge in [0.15, 0.2) is 0 Å². The maximum atomic E-state index is 14.2. The van der Waals surface area contributed by atoms with Gasteiger partial charge in [-0.25, -0.2) is 0 Å². The minimum atomic E-state index is -0.641. The van der Waals surface area contributed by atoms with Gasteiger partial charge < -0.3 is 43.9 Å². The van der Waals surface area contributed by atoms with Gasteiger partial charge in [-0.05, 0) is 155 Å². The van der Waals surface area contributed by atoms with Crippen LogP contribution in [0.5, 0.6) is 0 Å². The van der Waals surface area contributed by atoms with Crippen molar-refractivity contribution in [3.8, 4) is 0 Å². The number of benzene rings is 3. The van der Waals surface area contributed by atoms with Crippen molar-refractivity contribution in [2.45, 2.75) is 136 Å². The molecule has 3 amide bonds. The lowest BCUT2D eigenvalue weighted by atomic mass is 9.73. The lowest BCUT2D eigenvalue weighted by Crippen LogP contribution is -2.41. The average molecular weight is 819 g/mol. The summed E-state index contributed by atoms with van der Waals surface area (Å²) in [5.41, 5.74) is 0.886. The van der Waals surface area contributed by atoms with Gasteiger partial charge in [-0.2, -0.15) is 0 Å². The van der Waals surface area contributed by atoms with E-state index in [1.807, 2.05) is 156 Å². The Morgan fingerprint density at radius 1 is 0.417 bits per heavy atom. The van der Waals surface area contributed by atoms with Gasteiger partial charge in [0.25, 0.3) is 0 Å². The summed E-state index contributed by atoms with van der Waals surface area (Å²) >= 11 is 0. The molecule has 0 unspecified atom stereocenters. The Bertz CT molecular complexity index is 1850. The lowest BCUT2D eigenvalue weighted by Gasteiger charge is -2.33. The normalized spacial score (nSPS) is 25.8. The van der Waals surface area contributed by atoms with Crippen LogP contribution in [0.15, 0.2) is 72.8 Å². The molecule has 0 spiro atoms. The first-order chi connectivity index (χ1) is 27.9. The molecule has 0 atom stereocenters. The van der Waals surface area contributed by atoms with E-state index in [-0.39, 0.29) is 37.0 Å². The summed E-state index contributed by atoms with van der Waals surface area (Å²) in [5, 5.41) is 9.21. The van der Waals surface area contributed by atoms with Crippen molar-refractivity contribution in [3.63, 3.8) is 0 Å². The number of amides is 3. The Morgan fingerprint density at radius 3 is 0.850 bits per heavy atom. The summed E-state index contributed by atoms with van der Waals surface area (Å²) in [6.07, 6.45) is 0.770. The van der Waals surface area contributed by atoms with Crippen molar-refractivity contribution in [1.29, 1.82) is 0 Å². The standard InChI is InChI=1S/C45H60B3N3O9/c1-40(2)41(3,4)56-46(55-40)31-16-13-19-34(25-31)49-37(52)28-22-29(38(53)50-35-20-14-17-32(26-35)47-57-42(5,6)43(7,8)58-47)24-30(23-28)39(54)51-36-21-15-18-33(27-36)48-59-44(9,10)45(11,12)60-48/h13-21,25-30H,22-24H2,1-12H3,(H,49,52)(H,50,53)(H,51,54). The Balaban J connectivity index is 1.09. The van der Waals surface area contributed by atoms with Crippen LogP contribution in [0.3, 0.4) is 0 Å². The van der Waals surface area contributed by atoms with Crippen LogP contribution in [0.4, 0.5) is 17.1 Å². The van der Waals surface area contributed by atoms with E-state index < -0.39 is 72.7 Å². The molecule has 0 aromatic heterocycles. The molecule has 0 bridgehead atoms. The number of nitrogens with one attached hydrogen (secondary N) is 3. The highest BCUT2D eigenvalue weighted by Gasteiger charge is 2.54. The Kier molecular flexibility index (Phi) is 11.6. The maximum absolute atomic E-state index is 14.2. The Hall–Kier alpha value is -3.98. The molecule has 1 saturated carbocycles. The Labute approximate surface area is 356 Å². The summed E-state index contributed by atoms with van der Waals surface area (Å²) in [4.78, 5) is 42.5. The number of hydrogen-bond acceptors (Lipinski definition) is 9. The van der Waals surface area contributed by atoms with Crippen LogP contribution >= 0.6 is 0 Å². The maximum Gasteiger partial charge on any atom is 0.494 e. The van der Waals surface area contributed by atoms with E-state index in [2.05, 4.69) is 16.0 Å². The van der Waals surface area contributed by atoms with Gasteiger partial charge in [0, 0.05) is 34.8 Å². The van der Waals surface area contributed by atoms with Crippen molar-refractivity contribution >= 4 is 72.5 Å². The molecule has 3 N–H and O–H groups in total. The van der Waals surface area contributed by atoms with E-state index >= 15 is 0 Å². The van der Waals surface area contributed by atoms with Crippen molar-refractivity contribution in [3.05, 3.63) is 72.8 Å². The third-order valence-corrected chi connectivity index (χ3v) is 13.9. The molecule has 1 aliphatic carbocycles. The van der Waals surface area contributed by atoms with Gasteiger partial charge in [-0.15, -0.1) is 0 Å². The largest absolute Gasteiger partial charge is 0.494 e. The second kappa shape index (κ2) is 15.7. The summed E-state index contributed by atoms with van der Waals surface area (Å²) in [6.45, 7) is 23.9. The second-order valence-electron chi connectivity index (χ2n) is 19.9. The molecule has 3 aromatic rings. The number of rotatable bonds is 9. The monoisotopic (exact) mass is 819 g/mol. The molecular weight excluding hydrogens is 759 g/mol. The van der Waals surface area contributed by atoms with Gasteiger partial charge in [0.05, 0.1) is 33.6 Å². The first kappa shape index (κ1) is 44.1. The fraction of sp³-hybridized carbons (Fsp3) is 0.533. The lowest BCUT2D eigenvalue weighted by molar-refractivity contribution is -0.129. The van der Waals surface area contributed by atoms with Crippen molar-refractivity contribution in [2.75, 3.05) is 16.0 Å². The molecule has 318 valence electrons. The van der Waals surface area contributed by atoms with Crippen molar-refractivity contribution in [1.82, 2.24) is 0 Å². The van der Waals surface area contributed by atoms with E-state index in [0.29, 0.717) is 17.1 Å². The average Bonchev–Trinajstić information content (AvgIpc) is 3.64. The predicted molar refractivity (Wildman–Crippen MR) is 237 cm³/mol. The third kappa shape index (κ3) is 8.85. The van der Waals surface area contributed by atoms with Crippen LogP contribution in [0.1, 0.15) is 102 Å². The number of hydrogen-bond donors (Lipinski definition) is 3. The quantitative estimate of drug-likeness (QED) is 0.228. The minimum Gasteiger partial charge on any atom is -0.399 e. The van der Waals surface area contributed by atoms with Crippen LogP contribution in [0.25, 0.3) is 0 Å². The molecule has 0 radical (unpaired) electrons. The molecule has 4 fully saturated rings. The van der Waals surface area contributed by atoms with E-state index in [0.717, 1.165) is 16.4 Å². The van der Waals surface area contributed by atoms with Gasteiger partial charge in [0.2, 0.25) is 17.7 Å². The third-order valence-electron chi connectivity index (χ3n) is 13.9. The van der Waals surface area contributed by atoms with Crippen LogP contribution in [0.2, 0.25) is 0 Å². The molecule has 3 saturated heterocycles. The van der Waals surface area contributed by atoms with Crippen molar-refractivity contribution < 1.29 is 42.3 Å². The molecule has 3 heterocycles. The zero-order chi connectivity index (χ0) is 43.6. The molecule has 3 aliphatic heterocycles. The summed E-state index contributed by atoms with van der Waals surface area (Å²) in [5.74, 6) is -2.75. The first-order valence-corrected chi connectivity index (χ1v) is 21.1. The van der Waals surface area contributed by atoms with Gasteiger partial charge >= 0.3 is 21.4 Å². The first-order valence-electron chi connectivity index (χ1n) is 21.1. The SMILES string of the molecule is CC1(C)OB(c2cccc(NC(=O)C3CC(C(=O)Nc4cccc(B5OC(C)(C)C(C)(C)O5)c4)CC(C(=O)Nc4cccc(B5OC(C)(C)C(C)(C)O5)c4)C3)c2)OC1(C)C. The summed E-state index contributed by atoms with van der Waals surface area (Å²) < 4.78 is 37.6. The minimum absolute atomic E-state index is 0.257. The molecular formula is C45H60B3N3O9. The molecule has 4 aliphatic rings. The number of anilines is 3. The van der Waals surface area contributed by atoms with Crippen molar-refractivity contribution in [2.24, 2.45) is 17.8 Å². The van der Waals surface area contributed by atoms with Gasteiger partial charge in [0.1, 0.15) is 0 Å². The van der Waals surface area contributed by atoms with Gasteiger partial charge in [-0.1, -0.05) is 36.4 Å². The van der Waals surface area contributed by atoms with Crippen LogP contribution in [-0.2, 0) is 42.3 Å². The van der Waals surface area contributed by atoms with Crippen LogP contribution < -0.4 is 32.3 Å². The molecule has 60 heavy (non-hydrogen) atoms. The molecule has 15 heteroatoms. The van der Waals surface area contributed by atoms with Crippen LogP contribution in [0, 0.1) is 17.8 Å². The highest BCUT2D eigenvalue weighted by Crippen LogP contribution is 2.40. The molecule has 12 nitrogen and oxygen atoms in total. The fourth-order valence-electron chi connectivity index (χ4n) is 7.92. The van der Waals surface area contributed by atoms with E-state index in [1.165, 1.54) is 0 Å². The highest BCUT2D eigenvalue weighted by molar-refractivity contribution is 6.63. The second-order valence-corrected chi connectivity index (χ2v) is 19.9. The molecule has 7 rings (SSSR count). The molecule has 3 aromatic carbocycles. The summed E-state index contributed by atoms with van der Waals surface area (Å²) in [7, 11) is -1.81. The van der Waals surface area contributed by atoms with E-state index in [4.69, 9.17) is 27.9 Å². The zero-order valence-corrected chi connectivity index (χ0v) is 37.2. The summed E-state index contributed by atoms with van der Waals surface area (Å²) in [6, 6.07) is 22.2.